The van der Waals surface area contributed by atoms with Crippen molar-refractivity contribution >= 4 is 59.4 Å². The van der Waals surface area contributed by atoms with Gasteiger partial charge >= 0.3 is 0 Å². The highest BCUT2D eigenvalue weighted by atomic mass is 79.9. The molecule has 0 aliphatic rings. The summed E-state index contributed by atoms with van der Waals surface area (Å²) in [6.07, 6.45) is 0. The van der Waals surface area contributed by atoms with Crippen LogP contribution in [0, 0.1) is 6.92 Å². The SMILES string of the molecule is COc1cc(C)c(Br)cc1C(Br)c1cc(Cl)cc(Br)c1. The molecule has 0 radical (unpaired) electrons. The van der Waals surface area contributed by atoms with E-state index < -0.39 is 0 Å². The molecule has 1 unspecified atom stereocenters. The second kappa shape index (κ2) is 6.82. The molecule has 0 spiro atoms. The Morgan fingerprint density at radius 2 is 1.80 bits per heavy atom. The molecule has 0 saturated heterocycles. The zero-order valence-corrected chi connectivity index (χ0v) is 16.4. The van der Waals surface area contributed by atoms with Crippen molar-refractivity contribution in [3.05, 3.63) is 61.0 Å². The van der Waals surface area contributed by atoms with Gasteiger partial charge < -0.3 is 4.74 Å². The van der Waals surface area contributed by atoms with Crippen LogP contribution in [0.4, 0.5) is 0 Å². The van der Waals surface area contributed by atoms with Crippen molar-refractivity contribution in [1.29, 1.82) is 0 Å². The van der Waals surface area contributed by atoms with Crippen molar-refractivity contribution in [3.63, 3.8) is 0 Å². The lowest BCUT2D eigenvalue weighted by Crippen LogP contribution is -1.98. The molecular formula is C15H12Br3ClO. The Balaban J connectivity index is 2.52. The topological polar surface area (TPSA) is 9.23 Å². The molecular weight excluding hydrogens is 471 g/mol. The fourth-order valence-electron chi connectivity index (χ4n) is 1.95. The van der Waals surface area contributed by atoms with Gasteiger partial charge in [0, 0.05) is 19.5 Å². The van der Waals surface area contributed by atoms with Gasteiger partial charge in [0.05, 0.1) is 11.9 Å². The zero-order valence-electron chi connectivity index (χ0n) is 10.9. The second-order valence-electron chi connectivity index (χ2n) is 4.41. The van der Waals surface area contributed by atoms with Gasteiger partial charge in [0.1, 0.15) is 5.75 Å². The molecule has 20 heavy (non-hydrogen) atoms. The highest BCUT2D eigenvalue weighted by molar-refractivity contribution is 9.11. The number of benzene rings is 2. The van der Waals surface area contributed by atoms with Gasteiger partial charge in [0.2, 0.25) is 0 Å². The number of hydrogen-bond donors (Lipinski definition) is 0. The van der Waals surface area contributed by atoms with E-state index in [-0.39, 0.29) is 4.83 Å². The molecule has 0 N–H and O–H groups in total. The summed E-state index contributed by atoms with van der Waals surface area (Å²) >= 11 is 16.9. The Morgan fingerprint density at radius 1 is 1.10 bits per heavy atom. The van der Waals surface area contributed by atoms with Crippen molar-refractivity contribution in [2.45, 2.75) is 11.8 Å². The lowest BCUT2D eigenvalue weighted by molar-refractivity contribution is 0.410. The molecule has 0 heterocycles. The third-order valence-corrected chi connectivity index (χ3v) is 5.51. The fraction of sp³-hybridized carbons (Fsp3) is 0.200. The van der Waals surface area contributed by atoms with Crippen LogP contribution in [0.25, 0.3) is 0 Å². The first-order valence-electron chi connectivity index (χ1n) is 5.86. The molecule has 0 saturated carbocycles. The fourth-order valence-corrected chi connectivity index (χ4v) is 3.82. The largest absolute Gasteiger partial charge is 0.496 e. The molecule has 0 aromatic heterocycles. The van der Waals surface area contributed by atoms with Crippen LogP contribution in [-0.2, 0) is 0 Å². The first-order valence-corrected chi connectivity index (χ1v) is 8.74. The molecule has 1 atom stereocenters. The van der Waals surface area contributed by atoms with Crippen molar-refractivity contribution in [2.24, 2.45) is 0 Å². The molecule has 1 nitrogen and oxygen atoms in total. The van der Waals surface area contributed by atoms with Crippen molar-refractivity contribution in [3.8, 4) is 5.75 Å². The van der Waals surface area contributed by atoms with Gasteiger partial charge in [-0.1, -0.05) is 59.4 Å². The first kappa shape index (κ1) is 16.3. The van der Waals surface area contributed by atoms with Crippen molar-refractivity contribution < 1.29 is 4.74 Å². The van der Waals surface area contributed by atoms with E-state index in [0.29, 0.717) is 5.02 Å². The number of rotatable bonds is 3. The first-order chi connectivity index (χ1) is 9.42. The Kier molecular flexibility index (Phi) is 5.57. The number of ether oxygens (including phenoxy) is 1. The number of halogens is 4. The molecule has 2 aromatic carbocycles. The average molecular weight is 483 g/mol. The Morgan fingerprint density at radius 3 is 2.40 bits per heavy atom. The smallest absolute Gasteiger partial charge is 0.123 e. The standard InChI is InChI=1S/C15H12Br3ClO/c1-8-3-14(20-2)12(7-13(8)17)15(18)9-4-10(16)6-11(19)5-9/h3-7,15H,1-2H3. The molecule has 2 aromatic rings. The summed E-state index contributed by atoms with van der Waals surface area (Å²) in [5.74, 6) is 0.851. The summed E-state index contributed by atoms with van der Waals surface area (Å²) in [5.41, 5.74) is 3.26. The predicted molar refractivity (Wildman–Crippen MR) is 95.4 cm³/mol. The van der Waals surface area contributed by atoms with Crippen LogP contribution in [0.5, 0.6) is 5.75 Å². The summed E-state index contributed by atoms with van der Waals surface area (Å²) in [6, 6.07) is 9.94. The number of alkyl halides is 1. The van der Waals surface area contributed by atoms with E-state index in [0.717, 1.165) is 31.4 Å². The van der Waals surface area contributed by atoms with E-state index in [1.54, 1.807) is 7.11 Å². The minimum absolute atomic E-state index is 0.00403. The maximum atomic E-state index is 6.12. The zero-order chi connectivity index (χ0) is 14.9. The van der Waals surface area contributed by atoms with Crippen LogP contribution >= 0.6 is 59.4 Å². The van der Waals surface area contributed by atoms with Crippen LogP contribution in [0.1, 0.15) is 21.5 Å². The van der Waals surface area contributed by atoms with E-state index in [2.05, 4.69) is 53.9 Å². The monoisotopic (exact) mass is 480 g/mol. The van der Waals surface area contributed by atoms with Crippen LogP contribution in [-0.4, -0.2) is 7.11 Å². The van der Waals surface area contributed by atoms with E-state index >= 15 is 0 Å². The molecule has 2 rings (SSSR count). The summed E-state index contributed by atoms with van der Waals surface area (Å²) in [6.45, 7) is 2.04. The lowest BCUT2D eigenvalue weighted by Gasteiger charge is -2.17. The van der Waals surface area contributed by atoms with Gasteiger partial charge in [-0.2, -0.15) is 0 Å². The number of aryl methyl sites for hydroxylation is 1. The second-order valence-corrected chi connectivity index (χ2v) is 7.53. The van der Waals surface area contributed by atoms with Crippen LogP contribution in [0.15, 0.2) is 39.3 Å². The van der Waals surface area contributed by atoms with Crippen molar-refractivity contribution in [2.75, 3.05) is 7.11 Å². The third kappa shape index (κ3) is 3.59. The highest BCUT2D eigenvalue weighted by Gasteiger charge is 2.17. The average Bonchev–Trinajstić information content (AvgIpc) is 2.39. The summed E-state index contributed by atoms with van der Waals surface area (Å²) in [4.78, 5) is 0.00403. The number of hydrogen-bond acceptors (Lipinski definition) is 1. The van der Waals surface area contributed by atoms with Crippen molar-refractivity contribution in [1.82, 2.24) is 0 Å². The maximum Gasteiger partial charge on any atom is 0.123 e. The molecule has 0 fully saturated rings. The van der Waals surface area contributed by atoms with Crippen LogP contribution < -0.4 is 4.74 Å². The van der Waals surface area contributed by atoms with E-state index in [1.165, 1.54) is 0 Å². The van der Waals surface area contributed by atoms with Gasteiger partial charge in [0.15, 0.2) is 0 Å². The molecule has 0 amide bonds. The highest BCUT2D eigenvalue weighted by Crippen LogP contribution is 2.40. The summed E-state index contributed by atoms with van der Waals surface area (Å²) < 4.78 is 7.50. The minimum Gasteiger partial charge on any atom is -0.496 e. The predicted octanol–water partition coefficient (Wildman–Crippen LogP) is 6.67. The third-order valence-electron chi connectivity index (χ3n) is 2.96. The van der Waals surface area contributed by atoms with E-state index in [4.69, 9.17) is 16.3 Å². The molecule has 106 valence electrons. The molecule has 5 heteroatoms. The van der Waals surface area contributed by atoms with Crippen LogP contribution in [0.2, 0.25) is 5.02 Å². The number of methoxy groups -OCH3 is 1. The van der Waals surface area contributed by atoms with E-state index in [1.807, 2.05) is 31.2 Å². The maximum absolute atomic E-state index is 6.12. The molecule has 0 aliphatic carbocycles. The quantitative estimate of drug-likeness (QED) is 0.444. The summed E-state index contributed by atoms with van der Waals surface area (Å²) in [7, 11) is 1.68. The van der Waals surface area contributed by atoms with Gasteiger partial charge in [-0.15, -0.1) is 0 Å². The normalized spacial score (nSPS) is 12.3. The lowest BCUT2D eigenvalue weighted by atomic mass is 10.0. The Bertz CT molecular complexity index is 623. The van der Waals surface area contributed by atoms with Gasteiger partial charge in [-0.25, -0.2) is 0 Å². The van der Waals surface area contributed by atoms with Gasteiger partial charge in [-0.3, -0.25) is 0 Å². The molecule has 0 bridgehead atoms. The van der Waals surface area contributed by atoms with Crippen LogP contribution in [0.3, 0.4) is 0 Å². The molecule has 0 aliphatic heterocycles. The minimum atomic E-state index is 0.00403. The van der Waals surface area contributed by atoms with Gasteiger partial charge in [-0.05, 0) is 48.4 Å². The van der Waals surface area contributed by atoms with E-state index in [9.17, 15) is 0 Å². The summed E-state index contributed by atoms with van der Waals surface area (Å²) in [5, 5.41) is 0.698. The van der Waals surface area contributed by atoms with Gasteiger partial charge in [0.25, 0.3) is 0 Å². The Labute approximate surface area is 149 Å². The Hall–Kier alpha value is -0.0300.